The molecule has 4 heteroatoms. The molecule has 0 aliphatic carbocycles. The van der Waals surface area contributed by atoms with Gasteiger partial charge in [-0.3, -0.25) is 9.59 Å². The van der Waals surface area contributed by atoms with Crippen molar-refractivity contribution in [3.63, 3.8) is 0 Å². The molecule has 1 aliphatic heterocycles. The van der Waals surface area contributed by atoms with Crippen molar-refractivity contribution in [2.24, 2.45) is 0 Å². The number of carbonyl (C=O) groups excluding carboxylic acids is 2. The average molecular weight is 336 g/mol. The first-order valence-electron chi connectivity index (χ1n) is 8.94. The van der Waals surface area contributed by atoms with Gasteiger partial charge in [0.1, 0.15) is 0 Å². The molecule has 0 unspecified atom stereocenters. The Labute approximate surface area is 148 Å². The fraction of sp³-hybridized carbons (Fsp3) is 0.333. The maximum atomic E-state index is 12.2. The summed E-state index contributed by atoms with van der Waals surface area (Å²) in [5, 5.41) is 2.98. The number of amides is 2. The molecule has 1 aliphatic rings. The Kier molecular flexibility index (Phi) is 5.49. The summed E-state index contributed by atoms with van der Waals surface area (Å²) in [6.45, 7) is 2.66. The minimum atomic E-state index is 0.0371. The normalized spacial score (nSPS) is 13.5. The highest BCUT2D eigenvalue weighted by atomic mass is 16.2. The van der Waals surface area contributed by atoms with E-state index < -0.39 is 0 Å². The Hall–Kier alpha value is -2.62. The number of nitrogens with zero attached hydrogens (tertiary/aromatic N) is 1. The molecule has 130 valence electrons. The van der Waals surface area contributed by atoms with Gasteiger partial charge in [0.15, 0.2) is 0 Å². The summed E-state index contributed by atoms with van der Waals surface area (Å²) >= 11 is 0. The summed E-state index contributed by atoms with van der Waals surface area (Å²) in [7, 11) is 0. The van der Waals surface area contributed by atoms with Crippen LogP contribution in [0, 0.1) is 0 Å². The molecule has 0 spiro atoms. The van der Waals surface area contributed by atoms with Gasteiger partial charge in [0, 0.05) is 30.8 Å². The van der Waals surface area contributed by atoms with Crippen molar-refractivity contribution in [3.8, 4) is 0 Å². The minimum absolute atomic E-state index is 0.0371. The monoisotopic (exact) mass is 336 g/mol. The lowest BCUT2D eigenvalue weighted by Crippen LogP contribution is -2.34. The quantitative estimate of drug-likeness (QED) is 0.868. The number of hydrogen-bond donors (Lipinski definition) is 1. The Morgan fingerprint density at radius 2 is 1.92 bits per heavy atom. The lowest BCUT2D eigenvalue weighted by molar-refractivity contribution is -0.119. The van der Waals surface area contributed by atoms with Crippen molar-refractivity contribution in [1.82, 2.24) is 0 Å². The van der Waals surface area contributed by atoms with Gasteiger partial charge in [-0.2, -0.15) is 0 Å². The SMILES string of the molecule is CCN1C(=O)CCc2cc(NC(=O)CCCc3ccccc3)ccc21. The first-order valence-corrected chi connectivity index (χ1v) is 8.94. The molecule has 0 radical (unpaired) electrons. The summed E-state index contributed by atoms with van der Waals surface area (Å²) < 4.78 is 0. The third-order valence-electron chi connectivity index (χ3n) is 4.59. The number of rotatable bonds is 6. The number of nitrogens with one attached hydrogen (secondary N) is 1. The maximum Gasteiger partial charge on any atom is 0.227 e. The number of aryl methyl sites for hydroxylation is 2. The lowest BCUT2D eigenvalue weighted by Gasteiger charge is -2.28. The largest absolute Gasteiger partial charge is 0.326 e. The molecule has 3 rings (SSSR count). The van der Waals surface area contributed by atoms with E-state index in [-0.39, 0.29) is 11.8 Å². The fourth-order valence-electron chi connectivity index (χ4n) is 3.31. The molecule has 0 saturated heterocycles. The molecule has 0 bridgehead atoms. The van der Waals surface area contributed by atoms with Crippen LogP contribution in [0.15, 0.2) is 48.5 Å². The zero-order valence-corrected chi connectivity index (χ0v) is 14.6. The minimum Gasteiger partial charge on any atom is -0.326 e. The molecular formula is C21H24N2O2. The van der Waals surface area contributed by atoms with E-state index >= 15 is 0 Å². The van der Waals surface area contributed by atoms with E-state index in [4.69, 9.17) is 0 Å². The van der Waals surface area contributed by atoms with E-state index in [0.29, 0.717) is 19.4 Å². The zero-order valence-electron chi connectivity index (χ0n) is 14.6. The second-order valence-electron chi connectivity index (χ2n) is 6.37. The van der Waals surface area contributed by atoms with Gasteiger partial charge in [-0.15, -0.1) is 0 Å². The van der Waals surface area contributed by atoms with Gasteiger partial charge in [0.25, 0.3) is 0 Å². The van der Waals surface area contributed by atoms with Gasteiger partial charge in [-0.05, 0) is 55.5 Å². The van der Waals surface area contributed by atoms with Crippen molar-refractivity contribution in [2.45, 2.75) is 39.0 Å². The third-order valence-corrected chi connectivity index (χ3v) is 4.59. The number of anilines is 2. The van der Waals surface area contributed by atoms with Crippen molar-refractivity contribution in [1.29, 1.82) is 0 Å². The van der Waals surface area contributed by atoms with Gasteiger partial charge >= 0.3 is 0 Å². The van der Waals surface area contributed by atoms with Crippen LogP contribution in [0.5, 0.6) is 0 Å². The molecule has 25 heavy (non-hydrogen) atoms. The predicted octanol–water partition coefficient (Wildman–Crippen LogP) is 3.95. The second kappa shape index (κ2) is 7.97. The summed E-state index contributed by atoms with van der Waals surface area (Å²) in [6, 6.07) is 16.0. The summed E-state index contributed by atoms with van der Waals surface area (Å²) in [5.41, 5.74) is 4.17. The Morgan fingerprint density at radius 1 is 1.12 bits per heavy atom. The summed E-state index contributed by atoms with van der Waals surface area (Å²) in [6.07, 6.45) is 3.52. The van der Waals surface area contributed by atoms with Crippen LogP contribution in [0.1, 0.15) is 37.3 Å². The van der Waals surface area contributed by atoms with Crippen molar-refractivity contribution in [3.05, 3.63) is 59.7 Å². The van der Waals surface area contributed by atoms with Crippen LogP contribution in [0.25, 0.3) is 0 Å². The van der Waals surface area contributed by atoms with E-state index in [0.717, 1.165) is 36.2 Å². The molecule has 2 amide bonds. The van der Waals surface area contributed by atoms with Crippen LogP contribution in [0.3, 0.4) is 0 Å². The highest BCUT2D eigenvalue weighted by molar-refractivity contribution is 5.97. The highest BCUT2D eigenvalue weighted by Crippen LogP contribution is 2.30. The average Bonchev–Trinajstić information content (AvgIpc) is 2.62. The first-order chi connectivity index (χ1) is 12.2. The Morgan fingerprint density at radius 3 is 2.68 bits per heavy atom. The van der Waals surface area contributed by atoms with Crippen molar-refractivity contribution >= 4 is 23.2 Å². The zero-order chi connectivity index (χ0) is 17.6. The lowest BCUT2D eigenvalue weighted by atomic mass is 10.0. The maximum absolute atomic E-state index is 12.2. The molecule has 2 aromatic rings. The van der Waals surface area contributed by atoms with Crippen LogP contribution in [0.4, 0.5) is 11.4 Å². The fourth-order valence-corrected chi connectivity index (χ4v) is 3.31. The van der Waals surface area contributed by atoms with E-state index in [9.17, 15) is 9.59 Å². The number of hydrogen-bond acceptors (Lipinski definition) is 2. The molecule has 2 aromatic carbocycles. The third kappa shape index (κ3) is 4.27. The number of fused-ring (bicyclic) bond motifs is 1. The van der Waals surface area contributed by atoms with E-state index in [1.807, 2.05) is 48.2 Å². The Bertz CT molecular complexity index is 756. The number of benzene rings is 2. The topological polar surface area (TPSA) is 49.4 Å². The van der Waals surface area contributed by atoms with Crippen LogP contribution in [-0.2, 0) is 22.4 Å². The smallest absolute Gasteiger partial charge is 0.227 e. The molecule has 4 nitrogen and oxygen atoms in total. The van der Waals surface area contributed by atoms with Crippen LogP contribution < -0.4 is 10.2 Å². The first kappa shape index (κ1) is 17.2. The molecule has 0 aromatic heterocycles. The molecule has 0 atom stereocenters. The van der Waals surface area contributed by atoms with E-state index in [1.54, 1.807) is 0 Å². The van der Waals surface area contributed by atoms with Crippen molar-refractivity contribution in [2.75, 3.05) is 16.8 Å². The molecular weight excluding hydrogens is 312 g/mol. The van der Waals surface area contributed by atoms with Gasteiger partial charge in [-0.1, -0.05) is 30.3 Å². The van der Waals surface area contributed by atoms with Crippen molar-refractivity contribution < 1.29 is 9.59 Å². The predicted molar refractivity (Wildman–Crippen MR) is 101 cm³/mol. The molecule has 0 fully saturated rings. The second-order valence-corrected chi connectivity index (χ2v) is 6.37. The van der Waals surface area contributed by atoms with E-state index in [2.05, 4.69) is 17.4 Å². The van der Waals surface area contributed by atoms with Crippen LogP contribution >= 0.6 is 0 Å². The van der Waals surface area contributed by atoms with Crippen LogP contribution in [0.2, 0.25) is 0 Å². The standard InChI is InChI=1S/C21H24N2O2/c1-2-23-19-13-12-18(15-17(19)11-14-21(23)25)22-20(24)10-6-9-16-7-4-3-5-8-16/h3-5,7-8,12-13,15H,2,6,9-11,14H2,1H3,(H,22,24). The molecule has 0 saturated carbocycles. The van der Waals surface area contributed by atoms with Gasteiger partial charge in [0.2, 0.25) is 11.8 Å². The van der Waals surface area contributed by atoms with Gasteiger partial charge in [0.05, 0.1) is 0 Å². The molecule has 1 N–H and O–H groups in total. The number of carbonyl (C=O) groups is 2. The van der Waals surface area contributed by atoms with E-state index in [1.165, 1.54) is 5.56 Å². The van der Waals surface area contributed by atoms with Crippen LogP contribution in [-0.4, -0.2) is 18.4 Å². The summed E-state index contributed by atoms with van der Waals surface area (Å²) in [4.78, 5) is 25.9. The molecule has 1 heterocycles. The Balaban J connectivity index is 1.56. The summed E-state index contributed by atoms with van der Waals surface area (Å²) in [5.74, 6) is 0.211. The van der Waals surface area contributed by atoms with Gasteiger partial charge in [-0.25, -0.2) is 0 Å². The van der Waals surface area contributed by atoms with Gasteiger partial charge < -0.3 is 10.2 Å². The highest BCUT2D eigenvalue weighted by Gasteiger charge is 2.22.